The number of aliphatic imine (C=N–C) groups is 1. The Kier molecular flexibility index (Phi) is 8.83. The molecule has 0 saturated carbocycles. The van der Waals surface area contributed by atoms with Crippen LogP contribution in [-0.2, 0) is 20.1 Å². The summed E-state index contributed by atoms with van der Waals surface area (Å²) >= 11 is 0. The highest BCUT2D eigenvalue weighted by atomic mass is 28.3. The molecule has 0 aliphatic carbocycles. The van der Waals surface area contributed by atoms with Crippen LogP contribution in [0.1, 0.15) is 32.3 Å². The van der Waals surface area contributed by atoms with E-state index in [4.69, 9.17) is 8.85 Å². The van der Waals surface area contributed by atoms with Gasteiger partial charge in [0.1, 0.15) is 0 Å². The predicted molar refractivity (Wildman–Crippen MR) is 81.0 cm³/mol. The van der Waals surface area contributed by atoms with Crippen molar-refractivity contribution < 1.29 is 13.6 Å². The van der Waals surface area contributed by atoms with Crippen molar-refractivity contribution in [2.75, 3.05) is 19.8 Å². The van der Waals surface area contributed by atoms with Crippen molar-refractivity contribution in [2.24, 2.45) is 4.99 Å². The number of unbranched alkanes of at least 4 members (excludes halogenated alkanes) is 1. The van der Waals surface area contributed by atoms with E-state index in [2.05, 4.69) is 17.1 Å². The average molecular weight is 292 g/mol. The molecule has 0 aliphatic rings. The molecular weight excluding hydrogens is 270 g/mol. The van der Waals surface area contributed by atoms with E-state index in [-0.39, 0.29) is 0 Å². The fourth-order valence-electron chi connectivity index (χ4n) is 1.95. The number of isocyanates is 1. The molecule has 0 saturated heterocycles. The van der Waals surface area contributed by atoms with E-state index in [9.17, 15) is 4.79 Å². The van der Waals surface area contributed by atoms with Gasteiger partial charge in [0.2, 0.25) is 6.08 Å². The van der Waals surface area contributed by atoms with Gasteiger partial charge in [-0.15, -0.1) is 0 Å². The molecule has 20 heavy (non-hydrogen) atoms. The zero-order valence-electron chi connectivity index (χ0n) is 12.2. The van der Waals surface area contributed by atoms with E-state index >= 15 is 0 Å². The lowest BCUT2D eigenvalue weighted by atomic mass is 10.1. The number of hydrogen-bond donors (Lipinski definition) is 0. The van der Waals surface area contributed by atoms with Crippen molar-refractivity contribution in [3.8, 4) is 0 Å². The minimum Gasteiger partial charge on any atom is -0.390 e. The molecule has 5 heteroatoms. The van der Waals surface area contributed by atoms with Crippen molar-refractivity contribution in [3.05, 3.63) is 29.8 Å². The Hall–Kier alpha value is -1.26. The zero-order valence-corrected chi connectivity index (χ0v) is 13.2. The molecule has 4 nitrogen and oxygen atoms in total. The van der Waals surface area contributed by atoms with Gasteiger partial charge < -0.3 is 8.85 Å². The van der Waals surface area contributed by atoms with E-state index in [0.717, 1.165) is 19.3 Å². The Morgan fingerprint density at radius 1 is 1.15 bits per heavy atom. The van der Waals surface area contributed by atoms with Gasteiger partial charge in [0.15, 0.2) is 0 Å². The van der Waals surface area contributed by atoms with Crippen molar-refractivity contribution in [1.29, 1.82) is 0 Å². The molecule has 0 aromatic heterocycles. The number of rotatable bonds is 10. The minimum absolute atomic E-state index is 0.556. The molecule has 0 fully saturated rings. The van der Waals surface area contributed by atoms with Crippen LogP contribution in [-0.4, -0.2) is 35.1 Å². The maximum Gasteiger partial charge on any atom is 0.423 e. The number of nitrogens with zero attached hydrogens (tertiary/aromatic N) is 1. The van der Waals surface area contributed by atoms with Crippen LogP contribution in [0.5, 0.6) is 0 Å². The van der Waals surface area contributed by atoms with Gasteiger partial charge >= 0.3 is 9.28 Å². The molecule has 0 atom stereocenters. The van der Waals surface area contributed by atoms with E-state index in [1.807, 2.05) is 26.0 Å². The molecule has 0 amide bonds. The van der Waals surface area contributed by atoms with Crippen molar-refractivity contribution >= 4 is 20.6 Å². The molecule has 0 N–H and O–H groups in total. The summed E-state index contributed by atoms with van der Waals surface area (Å²) < 4.78 is 11.5. The van der Waals surface area contributed by atoms with E-state index in [1.165, 1.54) is 10.8 Å². The maximum atomic E-state index is 10.0. The molecule has 1 radical (unpaired) electrons. The zero-order chi connectivity index (χ0) is 14.6. The third kappa shape index (κ3) is 5.80. The van der Waals surface area contributed by atoms with E-state index in [1.54, 1.807) is 6.08 Å². The van der Waals surface area contributed by atoms with Crippen molar-refractivity contribution in [3.63, 3.8) is 0 Å². The molecular formula is C15H22NO3Si. The first-order valence-corrected chi connectivity index (χ1v) is 8.39. The first kappa shape index (κ1) is 16.8. The Morgan fingerprint density at radius 3 is 2.50 bits per heavy atom. The topological polar surface area (TPSA) is 47.9 Å². The molecule has 0 aliphatic heterocycles. The summed E-state index contributed by atoms with van der Waals surface area (Å²) in [6.07, 6.45) is 4.42. The second-order valence-corrected chi connectivity index (χ2v) is 5.93. The lowest BCUT2D eigenvalue weighted by molar-refractivity contribution is 0.225. The van der Waals surface area contributed by atoms with Crippen LogP contribution >= 0.6 is 0 Å². The molecule has 0 bridgehead atoms. The maximum absolute atomic E-state index is 10.0. The highest BCUT2D eigenvalue weighted by Gasteiger charge is 2.20. The van der Waals surface area contributed by atoms with Gasteiger partial charge in [-0.3, -0.25) is 0 Å². The second kappa shape index (κ2) is 10.5. The lowest BCUT2D eigenvalue weighted by Gasteiger charge is -2.16. The summed E-state index contributed by atoms with van der Waals surface area (Å²) in [6, 6.07) is 8.29. The van der Waals surface area contributed by atoms with Crippen LogP contribution in [0.2, 0.25) is 0 Å². The third-order valence-corrected chi connectivity index (χ3v) is 4.85. The second-order valence-electron chi connectivity index (χ2n) is 4.24. The molecule has 1 rings (SSSR count). The molecule has 1 aromatic carbocycles. The van der Waals surface area contributed by atoms with Gasteiger partial charge in [0.25, 0.3) is 0 Å². The molecule has 109 valence electrons. The number of carbonyl (C=O) groups excluding carboxylic acids is 1. The fourth-order valence-corrected chi connectivity index (χ4v) is 3.57. The summed E-state index contributed by atoms with van der Waals surface area (Å²) in [4.78, 5) is 13.6. The number of aryl methyl sites for hydroxylation is 1. The first-order valence-electron chi connectivity index (χ1n) is 7.07. The van der Waals surface area contributed by atoms with E-state index in [0.29, 0.717) is 19.8 Å². The Balaban J connectivity index is 2.67. The lowest BCUT2D eigenvalue weighted by Crippen LogP contribution is -2.39. The Bertz CT molecular complexity index is 427. The van der Waals surface area contributed by atoms with Gasteiger partial charge in [-0.2, -0.15) is 0 Å². The first-order chi connectivity index (χ1) is 9.83. The smallest absolute Gasteiger partial charge is 0.390 e. The standard InChI is InChI=1S/C15H22NO3Si/c1-3-18-20(19-4-2)15-11-6-5-9-14(15)10-7-8-12-16-13-17/h5-6,9,11H,3-4,7-8,10,12H2,1-2H3. The van der Waals surface area contributed by atoms with Crippen LogP contribution in [0.25, 0.3) is 0 Å². The number of benzene rings is 1. The summed E-state index contributed by atoms with van der Waals surface area (Å²) in [5.74, 6) is 0. The third-order valence-electron chi connectivity index (χ3n) is 2.82. The van der Waals surface area contributed by atoms with Crippen LogP contribution in [0, 0.1) is 0 Å². The monoisotopic (exact) mass is 292 g/mol. The molecule has 0 spiro atoms. The molecule has 0 heterocycles. The normalized spacial score (nSPS) is 10.6. The molecule has 0 unspecified atom stereocenters. The van der Waals surface area contributed by atoms with Crippen LogP contribution in [0.15, 0.2) is 29.3 Å². The summed E-state index contributed by atoms with van der Waals surface area (Å²) in [6.45, 7) is 5.86. The Labute approximate surface area is 122 Å². The van der Waals surface area contributed by atoms with Crippen LogP contribution in [0.4, 0.5) is 0 Å². The van der Waals surface area contributed by atoms with Crippen molar-refractivity contribution in [1.82, 2.24) is 0 Å². The van der Waals surface area contributed by atoms with E-state index < -0.39 is 9.28 Å². The van der Waals surface area contributed by atoms with Gasteiger partial charge in [-0.25, -0.2) is 9.79 Å². The van der Waals surface area contributed by atoms with Crippen molar-refractivity contribution in [2.45, 2.75) is 33.1 Å². The SMILES string of the molecule is CCO[Si](OCC)c1ccccc1CCCCN=C=O. The average Bonchev–Trinajstić information content (AvgIpc) is 2.47. The highest BCUT2D eigenvalue weighted by molar-refractivity contribution is 6.61. The Morgan fingerprint density at radius 2 is 1.85 bits per heavy atom. The van der Waals surface area contributed by atoms with Gasteiger partial charge in [0.05, 0.1) is 6.54 Å². The quantitative estimate of drug-likeness (QED) is 0.287. The summed E-state index contributed by atoms with van der Waals surface area (Å²) in [7, 11) is -1.39. The van der Waals surface area contributed by atoms with Gasteiger partial charge in [0, 0.05) is 13.2 Å². The fraction of sp³-hybridized carbons (Fsp3) is 0.533. The predicted octanol–water partition coefficient (Wildman–Crippen LogP) is 2.11. The van der Waals surface area contributed by atoms with Crippen LogP contribution < -0.4 is 5.19 Å². The molecule has 1 aromatic rings. The van der Waals surface area contributed by atoms with Crippen LogP contribution in [0.3, 0.4) is 0 Å². The summed E-state index contributed by atoms with van der Waals surface area (Å²) in [5.41, 5.74) is 1.28. The van der Waals surface area contributed by atoms with Gasteiger partial charge in [-0.1, -0.05) is 24.3 Å². The highest BCUT2D eigenvalue weighted by Crippen LogP contribution is 2.06. The largest absolute Gasteiger partial charge is 0.423 e. The summed E-state index contributed by atoms with van der Waals surface area (Å²) in [5, 5.41) is 1.19. The van der Waals surface area contributed by atoms with Gasteiger partial charge in [-0.05, 0) is 43.9 Å². The minimum atomic E-state index is -1.39. The number of hydrogen-bond acceptors (Lipinski definition) is 4.